The van der Waals surface area contributed by atoms with Gasteiger partial charge < -0.3 is 5.32 Å². The van der Waals surface area contributed by atoms with Gasteiger partial charge in [-0.15, -0.1) is 0 Å². The molecule has 0 atom stereocenters. The Labute approximate surface area is 176 Å². The molecule has 0 spiro atoms. The normalized spacial score (nSPS) is 12.0. The number of anilines is 1. The minimum Gasteiger partial charge on any atom is -0.322 e. The number of carbonyl (C=O) groups excluding carboxylic acids is 1. The van der Waals surface area contributed by atoms with Crippen molar-refractivity contribution in [1.29, 1.82) is 0 Å². The third kappa shape index (κ3) is 4.72. The molecule has 156 valence electrons. The minimum absolute atomic E-state index is 0.188. The van der Waals surface area contributed by atoms with Crippen LogP contribution in [-0.2, 0) is 14.8 Å². The van der Waals surface area contributed by atoms with E-state index in [0.29, 0.717) is 30.0 Å². The van der Waals surface area contributed by atoms with Gasteiger partial charge in [0.05, 0.1) is 27.8 Å². The van der Waals surface area contributed by atoms with Crippen molar-refractivity contribution in [3.05, 3.63) is 66.0 Å². The van der Waals surface area contributed by atoms with Crippen LogP contribution < -0.4 is 5.32 Å². The molecule has 8 heteroatoms. The minimum atomic E-state index is -3.62. The molecule has 3 rings (SSSR count). The van der Waals surface area contributed by atoms with Crippen molar-refractivity contribution in [2.24, 2.45) is 0 Å². The Hall–Kier alpha value is -3.10. The van der Waals surface area contributed by atoms with Gasteiger partial charge in [-0.25, -0.2) is 13.4 Å². The number of nitrogens with zero attached hydrogens (tertiary/aromatic N) is 3. The number of fused-ring (bicyclic) bond motifs is 1. The van der Waals surface area contributed by atoms with Crippen LogP contribution >= 0.6 is 0 Å². The van der Waals surface area contributed by atoms with Gasteiger partial charge in [-0.3, -0.25) is 9.78 Å². The molecule has 0 radical (unpaired) electrons. The summed E-state index contributed by atoms with van der Waals surface area (Å²) < 4.78 is 27.1. The van der Waals surface area contributed by atoms with Crippen LogP contribution in [-0.4, -0.2) is 41.7 Å². The first kappa shape index (κ1) is 21.6. The quantitative estimate of drug-likeness (QED) is 0.585. The molecule has 0 fully saturated rings. The third-order valence-corrected chi connectivity index (χ3v) is 6.84. The first-order valence-corrected chi connectivity index (χ1v) is 11.1. The number of benzene rings is 2. The lowest BCUT2D eigenvalue weighted by Gasteiger charge is -2.20. The lowest BCUT2D eigenvalue weighted by atomic mass is 10.2. The molecule has 0 aliphatic heterocycles. The smallest absolute Gasteiger partial charge is 0.248 e. The van der Waals surface area contributed by atoms with Gasteiger partial charge >= 0.3 is 0 Å². The second-order valence-corrected chi connectivity index (χ2v) is 8.58. The first-order chi connectivity index (χ1) is 14.3. The average Bonchev–Trinajstić information content (AvgIpc) is 2.74. The molecule has 3 aromatic rings. The maximum Gasteiger partial charge on any atom is 0.248 e. The first-order valence-electron chi connectivity index (χ1n) is 9.66. The largest absolute Gasteiger partial charge is 0.322 e. The number of hydrogen-bond acceptors (Lipinski definition) is 5. The number of para-hydroxylation sites is 2. The van der Waals surface area contributed by atoms with Crippen LogP contribution in [0.25, 0.3) is 17.1 Å². The number of aromatic nitrogens is 2. The Morgan fingerprint density at radius 2 is 1.80 bits per heavy atom. The van der Waals surface area contributed by atoms with Gasteiger partial charge in [0, 0.05) is 24.9 Å². The van der Waals surface area contributed by atoms with E-state index in [9.17, 15) is 13.2 Å². The zero-order chi connectivity index (χ0) is 21.7. The fourth-order valence-electron chi connectivity index (χ4n) is 3.06. The van der Waals surface area contributed by atoms with Crippen LogP contribution in [0.1, 0.15) is 25.1 Å². The van der Waals surface area contributed by atoms with E-state index in [-0.39, 0.29) is 10.8 Å². The average molecular weight is 425 g/mol. The molecule has 2 aromatic carbocycles. The summed E-state index contributed by atoms with van der Waals surface area (Å²) in [5.74, 6) is -0.389. The van der Waals surface area contributed by atoms with E-state index in [1.807, 2.05) is 24.3 Å². The van der Waals surface area contributed by atoms with Gasteiger partial charge in [0.2, 0.25) is 15.9 Å². The van der Waals surface area contributed by atoms with Crippen molar-refractivity contribution in [3.8, 4) is 0 Å². The monoisotopic (exact) mass is 424 g/mol. The molecular formula is C22H24N4O3S. The molecular weight excluding hydrogens is 400 g/mol. The molecule has 0 aliphatic rings. The van der Waals surface area contributed by atoms with Gasteiger partial charge in [0.1, 0.15) is 0 Å². The Morgan fingerprint density at radius 1 is 1.10 bits per heavy atom. The molecule has 30 heavy (non-hydrogen) atoms. The van der Waals surface area contributed by atoms with Crippen molar-refractivity contribution in [1.82, 2.24) is 14.3 Å². The van der Waals surface area contributed by atoms with Crippen LogP contribution in [0, 0.1) is 6.92 Å². The summed E-state index contributed by atoms with van der Waals surface area (Å²) in [5, 5.41) is 2.71. The van der Waals surface area contributed by atoms with Crippen molar-refractivity contribution >= 4 is 38.7 Å². The van der Waals surface area contributed by atoms with Crippen LogP contribution in [0.4, 0.5) is 5.69 Å². The summed E-state index contributed by atoms with van der Waals surface area (Å²) in [6.07, 6.45) is 4.50. The van der Waals surface area contributed by atoms with E-state index in [2.05, 4.69) is 15.3 Å². The fourth-order valence-corrected chi connectivity index (χ4v) is 4.76. The van der Waals surface area contributed by atoms with E-state index in [0.717, 1.165) is 11.0 Å². The molecule has 0 saturated carbocycles. The summed E-state index contributed by atoms with van der Waals surface area (Å²) in [4.78, 5) is 21.3. The number of amides is 1. The Kier molecular flexibility index (Phi) is 6.59. The molecule has 0 unspecified atom stereocenters. The van der Waals surface area contributed by atoms with E-state index in [1.54, 1.807) is 45.2 Å². The maximum absolute atomic E-state index is 12.9. The SMILES string of the molecule is CCN(CC)S(=O)(=O)c1cc(NC(=O)/C=C/c2cnc3ccccc3n2)ccc1C. The van der Waals surface area contributed by atoms with Crippen LogP contribution in [0.15, 0.2) is 59.6 Å². The molecule has 0 saturated heterocycles. The van der Waals surface area contributed by atoms with Crippen molar-refractivity contribution in [2.45, 2.75) is 25.7 Å². The lowest BCUT2D eigenvalue weighted by Crippen LogP contribution is -2.31. The standard InChI is InChI=1S/C22H24N4O3S/c1-4-26(5-2)30(28,29)21-14-17(11-10-16(21)3)25-22(27)13-12-18-15-23-19-8-6-7-9-20(19)24-18/h6-15H,4-5H2,1-3H3,(H,25,27)/b13-12+. The third-order valence-electron chi connectivity index (χ3n) is 4.65. The predicted molar refractivity (Wildman–Crippen MR) is 118 cm³/mol. The molecule has 0 bridgehead atoms. The Balaban J connectivity index is 1.78. The predicted octanol–water partition coefficient (Wildman–Crippen LogP) is 3.62. The zero-order valence-electron chi connectivity index (χ0n) is 17.2. The number of rotatable bonds is 7. The number of sulfonamides is 1. The van der Waals surface area contributed by atoms with Gasteiger partial charge in [-0.1, -0.05) is 32.0 Å². The number of carbonyl (C=O) groups is 1. The molecule has 7 nitrogen and oxygen atoms in total. The molecule has 1 aromatic heterocycles. The highest BCUT2D eigenvalue weighted by Gasteiger charge is 2.23. The summed E-state index contributed by atoms with van der Waals surface area (Å²) >= 11 is 0. The van der Waals surface area contributed by atoms with Gasteiger partial charge in [0.15, 0.2) is 0 Å². The van der Waals surface area contributed by atoms with Gasteiger partial charge in [-0.05, 0) is 42.8 Å². The molecule has 1 amide bonds. The lowest BCUT2D eigenvalue weighted by molar-refractivity contribution is -0.111. The molecule has 1 heterocycles. The summed E-state index contributed by atoms with van der Waals surface area (Å²) in [6, 6.07) is 12.3. The van der Waals surface area contributed by atoms with E-state index < -0.39 is 10.0 Å². The fraction of sp³-hybridized carbons (Fsp3) is 0.227. The van der Waals surface area contributed by atoms with Gasteiger partial charge in [0.25, 0.3) is 0 Å². The number of nitrogens with one attached hydrogen (secondary N) is 1. The van der Waals surface area contributed by atoms with Crippen LogP contribution in [0.5, 0.6) is 0 Å². The van der Waals surface area contributed by atoms with Crippen molar-refractivity contribution < 1.29 is 13.2 Å². The van der Waals surface area contributed by atoms with Crippen molar-refractivity contribution in [2.75, 3.05) is 18.4 Å². The Bertz CT molecular complexity index is 1200. The highest BCUT2D eigenvalue weighted by molar-refractivity contribution is 7.89. The summed E-state index contributed by atoms with van der Waals surface area (Å²) in [7, 11) is -3.62. The highest BCUT2D eigenvalue weighted by Crippen LogP contribution is 2.23. The van der Waals surface area contributed by atoms with E-state index in [1.165, 1.54) is 16.4 Å². The zero-order valence-corrected chi connectivity index (χ0v) is 18.0. The second-order valence-electron chi connectivity index (χ2n) is 6.68. The second kappa shape index (κ2) is 9.15. The summed E-state index contributed by atoms with van der Waals surface area (Å²) in [5.41, 5.74) is 3.11. The topological polar surface area (TPSA) is 92.3 Å². The van der Waals surface area contributed by atoms with Crippen LogP contribution in [0.3, 0.4) is 0 Å². The number of hydrogen-bond donors (Lipinski definition) is 1. The van der Waals surface area contributed by atoms with E-state index >= 15 is 0 Å². The Morgan fingerprint density at radius 3 is 2.50 bits per heavy atom. The molecule has 1 N–H and O–H groups in total. The maximum atomic E-state index is 12.9. The van der Waals surface area contributed by atoms with Crippen LogP contribution in [0.2, 0.25) is 0 Å². The van der Waals surface area contributed by atoms with E-state index in [4.69, 9.17) is 0 Å². The number of aryl methyl sites for hydroxylation is 1. The van der Waals surface area contributed by atoms with Gasteiger partial charge in [-0.2, -0.15) is 4.31 Å². The van der Waals surface area contributed by atoms with Crippen molar-refractivity contribution in [3.63, 3.8) is 0 Å². The highest BCUT2D eigenvalue weighted by atomic mass is 32.2. The molecule has 0 aliphatic carbocycles. The summed E-state index contributed by atoms with van der Waals surface area (Å²) in [6.45, 7) is 6.08.